The van der Waals surface area contributed by atoms with E-state index in [2.05, 4.69) is 17.4 Å². The second-order valence-electron chi connectivity index (χ2n) is 7.69. The van der Waals surface area contributed by atoms with Crippen LogP contribution in [0, 0.1) is 5.82 Å². The van der Waals surface area contributed by atoms with Gasteiger partial charge in [0.15, 0.2) is 0 Å². The molecule has 1 aliphatic carbocycles. The lowest BCUT2D eigenvalue weighted by Crippen LogP contribution is -2.49. The van der Waals surface area contributed by atoms with E-state index in [1.54, 1.807) is 6.92 Å². The van der Waals surface area contributed by atoms with Crippen LogP contribution in [0.3, 0.4) is 0 Å². The number of halogens is 2. The van der Waals surface area contributed by atoms with E-state index in [9.17, 15) is 17.6 Å². The minimum Gasteiger partial charge on any atom is -0.348 e. The number of fused-ring (bicyclic) bond motifs is 1. The summed E-state index contributed by atoms with van der Waals surface area (Å²) in [6.45, 7) is 3.61. The van der Waals surface area contributed by atoms with Crippen LogP contribution in [0.1, 0.15) is 49.4 Å². The Morgan fingerprint density at radius 3 is 2.53 bits per heavy atom. The van der Waals surface area contributed by atoms with Gasteiger partial charge in [-0.3, -0.25) is 9.10 Å². The molecule has 1 aliphatic rings. The number of hydrogen-bond donors (Lipinski definition) is 1. The van der Waals surface area contributed by atoms with Crippen LogP contribution in [-0.2, 0) is 27.7 Å². The maximum atomic E-state index is 13.6. The molecule has 8 heteroatoms. The molecule has 5 nitrogen and oxygen atoms in total. The van der Waals surface area contributed by atoms with Crippen molar-refractivity contribution in [3.05, 3.63) is 63.9 Å². The Bertz CT molecular complexity index is 1060. The van der Waals surface area contributed by atoms with Crippen LogP contribution in [0.2, 0.25) is 5.02 Å². The van der Waals surface area contributed by atoms with Gasteiger partial charge in [0.2, 0.25) is 15.9 Å². The number of rotatable bonds is 7. The fourth-order valence-electron chi connectivity index (χ4n) is 3.94. The zero-order valence-corrected chi connectivity index (χ0v) is 18.9. The zero-order valence-electron chi connectivity index (χ0n) is 17.3. The molecule has 0 saturated heterocycles. The molecule has 0 fully saturated rings. The van der Waals surface area contributed by atoms with Crippen molar-refractivity contribution in [1.82, 2.24) is 5.32 Å². The van der Waals surface area contributed by atoms with Gasteiger partial charge in [-0.15, -0.1) is 0 Å². The lowest BCUT2D eigenvalue weighted by molar-refractivity contribution is -0.122. The molecule has 0 heterocycles. The zero-order chi connectivity index (χ0) is 22.1. The summed E-state index contributed by atoms with van der Waals surface area (Å²) in [5, 5.41) is 2.73. The molecule has 2 aromatic rings. The Hall–Kier alpha value is -2.12. The van der Waals surface area contributed by atoms with Gasteiger partial charge in [-0.05, 0) is 67.5 Å². The molecule has 0 saturated carbocycles. The van der Waals surface area contributed by atoms with E-state index >= 15 is 0 Å². The quantitative estimate of drug-likeness (QED) is 0.677. The number of hydrogen-bond acceptors (Lipinski definition) is 3. The molecule has 0 radical (unpaired) electrons. The molecule has 2 unspecified atom stereocenters. The Kier molecular flexibility index (Phi) is 6.72. The average Bonchev–Trinajstić information content (AvgIpc) is 3.15. The summed E-state index contributed by atoms with van der Waals surface area (Å²) >= 11 is 5.85. The second-order valence-corrected chi connectivity index (χ2v) is 9.96. The Labute approximate surface area is 182 Å². The Morgan fingerprint density at radius 1 is 1.20 bits per heavy atom. The minimum atomic E-state index is -3.82. The number of carbonyl (C=O) groups is 1. The summed E-state index contributed by atoms with van der Waals surface area (Å²) in [4.78, 5) is 13.1. The third kappa shape index (κ3) is 4.78. The van der Waals surface area contributed by atoms with Gasteiger partial charge in [-0.2, -0.15) is 0 Å². The van der Waals surface area contributed by atoms with Crippen LogP contribution < -0.4 is 9.62 Å². The second kappa shape index (κ2) is 8.94. The molecule has 0 aliphatic heterocycles. The van der Waals surface area contributed by atoms with Crippen molar-refractivity contribution in [1.29, 1.82) is 0 Å². The standard InChI is InChI=1S/C22H26ClFN2O3S/c1-4-21(26(30(3,28)29)18-10-11-20(24)19(23)13-18)22(27)25-14(2)16-9-8-15-6-5-7-17(15)12-16/h8-14,21H,4-7H2,1-3H3,(H,25,27). The highest BCUT2D eigenvalue weighted by molar-refractivity contribution is 7.92. The summed E-state index contributed by atoms with van der Waals surface area (Å²) in [6, 6.07) is 8.56. The maximum Gasteiger partial charge on any atom is 0.244 e. The Balaban J connectivity index is 1.86. The first-order chi connectivity index (χ1) is 14.1. The van der Waals surface area contributed by atoms with E-state index in [-0.39, 0.29) is 23.2 Å². The van der Waals surface area contributed by atoms with E-state index in [1.165, 1.54) is 23.3 Å². The molecule has 2 atom stereocenters. The first-order valence-electron chi connectivity index (χ1n) is 9.98. The summed E-state index contributed by atoms with van der Waals surface area (Å²) < 4.78 is 39.6. The SMILES string of the molecule is CCC(C(=O)NC(C)c1ccc2c(c1)CCC2)N(c1ccc(F)c(Cl)c1)S(C)(=O)=O. The van der Waals surface area contributed by atoms with Crippen LogP contribution in [0.5, 0.6) is 0 Å². The van der Waals surface area contributed by atoms with Crippen molar-refractivity contribution in [2.24, 2.45) is 0 Å². The number of nitrogens with one attached hydrogen (secondary N) is 1. The largest absolute Gasteiger partial charge is 0.348 e. The van der Waals surface area contributed by atoms with Crippen molar-refractivity contribution in [3.8, 4) is 0 Å². The van der Waals surface area contributed by atoms with Crippen molar-refractivity contribution in [2.75, 3.05) is 10.6 Å². The molecule has 0 spiro atoms. The molecular weight excluding hydrogens is 427 g/mol. The van der Waals surface area contributed by atoms with E-state index in [1.807, 2.05) is 13.0 Å². The number of carbonyl (C=O) groups excluding carboxylic acids is 1. The van der Waals surface area contributed by atoms with Gasteiger partial charge in [0.05, 0.1) is 23.0 Å². The van der Waals surface area contributed by atoms with Crippen molar-refractivity contribution in [3.63, 3.8) is 0 Å². The first kappa shape index (κ1) is 22.6. The number of sulfonamides is 1. The molecule has 2 aromatic carbocycles. The smallest absolute Gasteiger partial charge is 0.244 e. The molecule has 1 N–H and O–H groups in total. The van der Waals surface area contributed by atoms with Crippen molar-refractivity contribution in [2.45, 2.75) is 51.6 Å². The van der Waals surface area contributed by atoms with Gasteiger partial charge in [-0.25, -0.2) is 12.8 Å². The normalized spacial score (nSPS) is 15.4. The highest BCUT2D eigenvalue weighted by atomic mass is 35.5. The van der Waals surface area contributed by atoms with Crippen molar-refractivity contribution < 1.29 is 17.6 Å². The summed E-state index contributed by atoms with van der Waals surface area (Å²) in [5.41, 5.74) is 3.78. The topological polar surface area (TPSA) is 66.5 Å². The fourth-order valence-corrected chi connectivity index (χ4v) is 5.31. The monoisotopic (exact) mass is 452 g/mol. The lowest BCUT2D eigenvalue weighted by atomic mass is 10.0. The number of aryl methyl sites for hydroxylation is 2. The highest BCUT2D eigenvalue weighted by Gasteiger charge is 2.32. The summed E-state index contributed by atoms with van der Waals surface area (Å²) in [6.07, 6.45) is 4.52. The molecule has 30 heavy (non-hydrogen) atoms. The Morgan fingerprint density at radius 2 is 1.90 bits per heavy atom. The van der Waals surface area contributed by atoms with Gasteiger partial charge in [0.1, 0.15) is 11.9 Å². The van der Waals surface area contributed by atoms with Crippen LogP contribution in [0.15, 0.2) is 36.4 Å². The third-order valence-corrected chi connectivity index (χ3v) is 6.94. The minimum absolute atomic E-state index is 0.149. The van der Waals surface area contributed by atoms with E-state index in [0.717, 1.165) is 41.5 Å². The predicted molar refractivity (Wildman–Crippen MR) is 118 cm³/mol. The van der Waals surface area contributed by atoms with Crippen LogP contribution >= 0.6 is 11.6 Å². The molecular formula is C22H26ClFN2O3S. The van der Waals surface area contributed by atoms with Crippen molar-refractivity contribution >= 4 is 33.2 Å². The number of benzene rings is 2. The third-order valence-electron chi connectivity index (χ3n) is 5.47. The van der Waals surface area contributed by atoms with Crippen LogP contribution in [0.4, 0.5) is 10.1 Å². The van der Waals surface area contributed by atoms with E-state index < -0.39 is 27.8 Å². The van der Waals surface area contributed by atoms with Gasteiger partial charge in [0.25, 0.3) is 0 Å². The number of nitrogens with zero attached hydrogens (tertiary/aromatic N) is 1. The summed E-state index contributed by atoms with van der Waals surface area (Å²) in [7, 11) is -3.82. The number of amides is 1. The van der Waals surface area contributed by atoms with Crippen LogP contribution in [0.25, 0.3) is 0 Å². The average molecular weight is 453 g/mol. The molecule has 162 valence electrons. The van der Waals surface area contributed by atoms with Crippen LogP contribution in [-0.4, -0.2) is 26.6 Å². The van der Waals surface area contributed by atoms with Gasteiger partial charge < -0.3 is 5.32 Å². The predicted octanol–water partition coefficient (Wildman–Crippen LogP) is 4.39. The first-order valence-corrected chi connectivity index (χ1v) is 12.2. The van der Waals surface area contributed by atoms with Gasteiger partial charge in [-0.1, -0.05) is 36.7 Å². The fraction of sp³-hybridized carbons (Fsp3) is 0.409. The molecule has 3 rings (SSSR count). The molecule has 0 bridgehead atoms. The molecule has 0 aromatic heterocycles. The van der Waals surface area contributed by atoms with E-state index in [4.69, 9.17) is 11.6 Å². The van der Waals surface area contributed by atoms with Gasteiger partial charge in [0, 0.05) is 0 Å². The van der Waals surface area contributed by atoms with E-state index in [0.29, 0.717) is 0 Å². The summed E-state index contributed by atoms with van der Waals surface area (Å²) in [5.74, 6) is -1.08. The highest BCUT2D eigenvalue weighted by Crippen LogP contribution is 2.28. The maximum absolute atomic E-state index is 13.6. The molecule has 1 amide bonds. The van der Waals surface area contributed by atoms with Gasteiger partial charge >= 0.3 is 0 Å². The lowest BCUT2D eigenvalue weighted by Gasteiger charge is -2.31. The number of anilines is 1.